The predicted octanol–water partition coefficient (Wildman–Crippen LogP) is 2.40. The normalized spacial score (nSPS) is 10.5. The molecule has 0 atom stereocenters. The fourth-order valence-corrected chi connectivity index (χ4v) is 1.85. The molecule has 98 valence electrons. The number of rotatable bonds is 5. The molecule has 0 aliphatic carbocycles. The molecule has 0 amide bonds. The minimum absolute atomic E-state index is 0.0488. The summed E-state index contributed by atoms with van der Waals surface area (Å²) >= 11 is 0. The van der Waals surface area contributed by atoms with Crippen LogP contribution in [-0.4, -0.2) is 11.5 Å². The van der Waals surface area contributed by atoms with Crippen molar-refractivity contribution in [3.63, 3.8) is 0 Å². The molecule has 0 saturated carbocycles. The van der Waals surface area contributed by atoms with Gasteiger partial charge in [0, 0.05) is 23.1 Å². The Morgan fingerprint density at radius 3 is 2.79 bits per heavy atom. The third-order valence-corrected chi connectivity index (χ3v) is 2.71. The van der Waals surface area contributed by atoms with Gasteiger partial charge < -0.3 is 4.42 Å². The van der Waals surface area contributed by atoms with E-state index in [0.29, 0.717) is 29.4 Å². The summed E-state index contributed by atoms with van der Waals surface area (Å²) in [5.41, 5.74) is 0.164. The molecule has 19 heavy (non-hydrogen) atoms. The molecule has 0 fully saturated rings. The van der Waals surface area contributed by atoms with Crippen molar-refractivity contribution in [2.45, 2.75) is 12.8 Å². The van der Waals surface area contributed by atoms with Crippen molar-refractivity contribution in [1.29, 1.82) is 0 Å². The molecule has 0 bridgehead atoms. The van der Waals surface area contributed by atoms with E-state index >= 15 is 0 Å². The molecule has 0 unspecified atom stereocenters. The van der Waals surface area contributed by atoms with Gasteiger partial charge in [0.2, 0.25) is 0 Å². The van der Waals surface area contributed by atoms with Gasteiger partial charge in [-0.3, -0.25) is 10.1 Å². The van der Waals surface area contributed by atoms with E-state index in [4.69, 9.17) is 4.42 Å². The summed E-state index contributed by atoms with van der Waals surface area (Å²) in [5, 5.41) is 14.2. The second-order valence-electron chi connectivity index (χ2n) is 3.99. The molecule has 7 heteroatoms. The summed E-state index contributed by atoms with van der Waals surface area (Å²) < 4.78 is 4.98. The third-order valence-electron chi connectivity index (χ3n) is 2.71. The first-order chi connectivity index (χ1) is 9.11. The van der Waals surface area contributed by atoms with Gasteiger partial charge in [-0.05, 0) is 25.0 Å². The highest BCUT2D eigenvalue weighted by Crippen LogP contribution is 2.26. The lowest BCUT2D eigenvalue weighted by molar-refractivity contribution is -0.385. The minimum Gasteiger partial charge on any atom is -0.423 e. The van der Waals surface area contributed by atoms with Gasteiger partial charge in [-0.15, -0.1) is 0 Å². The first kappa shape index (κ1) is 12.9. The smallest absolute Gasteiger partial charge is 0.336 e. The maximum atomic E-state index is 11.1. The van der Waals surface area contributed by atoms with E-state index in [1.54, 1.807) is 0 Å². The average molecular weight is 262 g/mol. The van der Waals surface area contributed by atoms with Crippen LogP contribution in [0.3, 0.4) is 0 Å². The quantitative estimate of drug-likeness (QED) is 0.270. The second-order valence-corrected chi connectivity index (χ2v) is 3.99. The molecule has 0 radical (unpaired) electrons. The van der Waals surface area contributed by atoms with Crippen LogP contribution in [0.15, 0.2) is 38.7 Å². The van der Waals surface area contributed by atoms with Crippen molar-refractivity contribution in [3.8, 4) is 0 Å². The van der Waals surface area contributed by atoms with Gasteiger partial charge in [-0.1, -0.05) is 5.18 Å². The van der Waals surface area contributed by atoms with Crippen LogP contribution in [0.5, 0.6) is 0 Å². The van der Waals surface area contributed by atoms with E-state index in [2.05, 4.69) is 5.18 Å². The summed E-state index contributed by atoms with van der Waals surface area (Å²) in [6, 6.07) is 5.52. The number of fused-ring (bicyclic) bond motifs is 1. The lowest BCUT2D eigenvalue weighted by Crippen LogP contribution is -1.99. The van der Waals surface area contributed by atoms with Crippen molar-refractivity contribution in [3.05, 3.63) is 55.3 Å². The van der Waals surface area contributed by atoms with E-state index in [0.717, 1.165) is 0 Å². The van der Waals surface area contributed by atoms with Crippen LogP contribution in [0.1, 0.15) is 12.0 Å². The molecular formula is C12H10N2O5. The number of benzene rings is 1. The van der Waals surface area contributed by atoms with Crippen molar-refractivity contribution in [2.75, 3.05) is 6.54 Å². The molecule has 1 aromatic carbocycles. The number of aryl methyl sites for hydroxylation is 1. The lowest BCUT2D eigenvalue weighted by atomic mass is 10.1. The fraction of sp³-hybridized carbons (Fsp3) is 0.250. The fourth-order valence-electron chi connectivity index (χ4n) is 1.85. The van der Waals surface area contributed by atoms with Gasteiger partial charge in [0.1, 0.15) is 5.58 Å². The standard InChI is InChI=1S/C12H10N2O5/c15-12-4-3-9-6-10(14(17)18)8(2-1-5-13-16)7-11(9)19-12/h3-4,6-7H,1-2,5H2. The Kier molecular flexibility index (Phi) is 3.65. The Morgan fingerprint density at radius 2 is 2.11 bits per heavy atom. The molecule has 0 aliphatic heterocycles. The lowest BCUT2D eigenvalue weighted by Gasteiger charge is -2.03. The third kappa shape index (κ3) is 2.82. The van der Waals surface area contributed by atoms with Crippen molar-refractivity contribution in [2.24, 2.45) is 5.18 Å². The van der Waals surface area contributed by atoms with Gasteiger partial charge in [0.05, 0.1) is 11.5 Å². The van der Waals surface area contributed by atoms with Gasteiger partial charge >= 0.3 is 5.63 Å². The largest absolute Gasteiger partial charge is 0.423 e. The van der Waals surface area contributed by atoms with E-state index in [1.807, 2.05) is 0 Å². The summed E-state index contributed by atoms with van der Waals surface area (Å²) in [5.74, 6) is 0. The van der Waals surface area contributed by atoms with Gasteiger partial charge in [-0.25, -0.2) is 4.79 Å². The van der Waals surface area contributed by atoms with Gasteiger partial charge in [0.15, 0.2) is 0 Å². The highest BCUT2D eigenvalue weighted by atomic mass is 16.6. The molecule has 0 spiro atoms. The Labute approximate surface area is 107 Å². The molecule has 7 nitrogen and oxygen atoms in total. The maximum Gasteiger partial charge on any atom is 0.336 e. The molecule has 2 aromatic rings. The highest BCUT2D eigenvalue weighted by molar-refractivity contribution is 5.80. The van der Waals surface area contributed by atoms with Crippen molar-refractivity contribution in [1.82, 2.24) is 0 Å². The molecule has 0 N–H and O–H groups in total. The number of nitrogens with zero attached hydrogens (tertiary/aromatic N) is 2. The number of hydrogen-bond donors (Lipinski definition) is 0. The van der Waals surface area contributed by atoms with Crippen LogP contribution >= 0.6 is 0 Å². The average Bonchev–Trinajstić information content (AvgIpc) is 2.37. The summed E-state index contributed by atoms with van der Waals surface area (Å²) in [7, 11) is 0. The van der Waals surface area contributed by atoms with Gasteiger partial charge in [0.25, 0.3) is 5.69 Å². The van der Waals surface area contributed by atoms with Crippen molar-refractivity contribution < 1.29 is 9.34 Å². The van der Waals surface area contributed by atoms with Crippen LogP contribution in [-0.2, 0) is 6.42 Å². The molecule has 0 aliphatic rings. The Bertz CT molecular complexity index is 692. The number of nitro benzene ring substituents is 1. The predicted molar refractivity (Wildman–Crippen MR) is 68.1 cm³/mol. The van der Waals surface area contributed by atoms with E-state index < -0.39 is 10.5 Å². The zero-order valence-electron chi connectivity index (χ0n) is 9.87. The van der Waals surface area contributed by atoms with E-state index in [9.17, 15) is 19.8 Å². The molecule has 1 heterocycles. The number of nitro groups is 1. The van der Waals surface area contributed by atoms with Crippen molar-refractivity contribution >= 4 is 16.7 Å². The SMILES string of the molecule is O=NCCCc1cc2oc(=O)ccc2cc1[N+](=O)[O-]. The van der Waals surface area contributed by atoms with E-state index in [1.165, 1.54) is 24.3 Å². The zero-order chi connectivity index (χ0) is 13.8. The van der Waals surface area contributed by atoms with E-state index in [-0.39, 0.29) is 12.2 Å². The minimum atomic E-state index is -0.512. The molecule has 1 aromatic heterocycles. The van der Waals surface area contributed by atoms with Crippen LogP contribution in [0.2, 0.25) is 0 Å². The Morgan fingerprint density at radius 1 is 1.32 bits per heavy atom. The topological polar surface area (TPSA) is 103 Å². The Balaban J connectivity index is 2.51. The monoisotopic (exact) mass is 262 g/mol. The first-order valence-corrected chi connectivity index (χ1v) is 5.62. The van der Waals surface area contributed by atoms with Crippen LogP contribution in [0.4, 0.5) is 5.69 Å². The Hall–Kier alpha value is -2.57. The van der Waals surface area contributed by atoms with Crippen LogP contribution in [0.25, 0.3) is 11.0 Å². The zero-order valence-corrected chi connectivity index (χ0v) is 9.87. The number of nitroso groups, excluding NO2 is 1. The first-order valence-electron chi connectivity index (χ1n) is 5.62. The molecular weight excluding hydrogens is 252 g/mol. The number of hydrogen-bond acceptors (Lipinski definition) is 6. The summed E-state index contributed by atoms with van der Waals surface area (Å²) in [4.78, 5) is 31.6. The maximum absolute atomic E-state index is 11.1. The summed E-state index contributed by atoms with van der Waals surface area (Å²) in [6.07, 6.45) is 0.740. The molecule has 2 rings (SSSR count). The van der Waals surface area contributed by atoms with Crippen LogP contribution in [0, 0.1) is 15.0 Å². The molecule has 0 saturated heterocycles. The second kappa shape index (κ2) is 5.38. The van der Waals surface area contributed by atoms with Gasteiger partial charge in [-0.2, -0.15) is 4.91 Å². The van der Waals surface area contributed by atoms with Crippen LogP contribution < -0.4 is 5.63 Å². The highest BCUT2D eigenvalue weighted by Gasteiger charge is 2.15. The summed E-state index contributed by atoms with van der Waals surface area (Å²) in [6.45, 7) is 0.0912.